The predicted octanol–water partition coefficient (Wildman–Crippen LogP) is 18.0. The minimum Gasteiger partial charge on any atom is -0.311 e. The van der Waals surface area contributed by atoms with Crippen LogP contribution in [0, 0.1) is 13.8 Å². The fraction of sp³-hybridized carbons (Fsp3) is 0.529. The Morgan fingerprint density at radius 2 is 0.958 bits per heavy atom. The lowest BCUT2D eigenvalue weighted by atomic mass is 9.35. The molecule has 12 rings (SSSR count). The van der Waals surface area contributed by atoms with Crippen molar-refractivity contribution in [3.8, 4) is 0 Å². The maximum absolute atomic E-state index is 2.88. The summed E-state index contributed by atoms with van der Waals surface area (Å²) < 4.78 is 2.97. The van der Waals surface area contributed by atoms with Crippen LogP contribution in [0.1, 0.15) is 236 Å². The van der Waals surface area contributed by atoms with Crippen LogP contribution in [0.25, 0.3) is 10.1 Å². The topological polar surface area (TPSA) is 6.48 Å². The molecule has 0 bridgehead atoms. The predicted molar refractivity (Wildman–Crippen MR) is 316 cm³/mol. The van der Waals surface area contributed by atoms with Gasteiger partial charge in [-0.15, -0.1) is 11.3 Å². The Balaban J connectivity index is 1.25. The number of thiophene rings is 1. The lowest BCUT2D eigenvalue weighted by Gasteiger charge is -2.48. The molecule has 6 aliphatic rings. The first-order chi connectivity index (χ1) is 33.6. The number of anilines is 6. The van der Waals surface area contributed by atoms with Crippen molar-refractivity contribution in [3.63, 3.8) is 0 Å². The molecule has 4 aliphatic carbocycles. The number of rotatable bonds is 3. The summed E-state index contributed by atoms with van der Waals surface area (Å²) in [5, 5.41) is 1.45. The van der Waals surface area contributed by atoms with E-state index < -0.39 is 0 Å². The first-order valence-electron chi connectivity index (χ1n) is 28.4. The van der Waals surface area contributed by atoms with E-state index in [-0.39, 0.29) is 44.6 Å². The molecule has 0 radical (unpaired) electrons. The van der Waals surface area contributed by atoms with Crippen LogP contribution >= 0.6 is 11.3 Å². The second-order valence-electron chi connectivity index (χ2n) is 29.3. The van der Waals surface area contributed by atoms with Crippen LogP contribution in [-0.2, 0) is 37.9 Å². The molecule has 1 saturated carbocycles. The molecular formula is C68H85BN2S. The minimum absolute atomic E-state index is 0.0567. The van der Waals surface area contributed by atoms with E-state index in [1.54, 1.807) is 27.8 Å². The number of hydrogen-bond acceptors (Lipinski definition) is 3. The normalized spacial score (nSPS) is 21.9. The lowest BCUT2D eigenvalue weighted by molar-refractivity contribution is 0.332. The van der Waals surface area contributed by atoms with Crippen molar-refractivity contribution in [2.24, 2.45) is 0 Å². The van der Waals surface area contributed by atoms with Crippen molar-refractivity contribution in [2.75, 3.05) is 9.80 Å². The first kappa shape index (κ1) is 48.7. The van der Waals surface area contributed by atoms with Gasteiger partial charge >= 0.3 is 0 Å². The summed E-state index contributed by atoms with van der Waals surface area (Å²) >= 11 is 2.12. The summed E-state index contributed by atoms with van der Waals surface area (Å²) in [7, 11) is 0. The molecular weight excluding hydrogens is 888 g/mol. The molecule has 5 aromatic carbocycles. The van der Waals surface area contributed by atoms with E-state index in [1.807, 2.05) is 0 Å². The smallest absolute Gasteiger partial charge is 0.264 e. The van der Waals surface area contributed by atoms with Crippen molar-refractivity contribution in [1.82, 2.24) is 0 Å². The summed E-state index contributed by atoms with van der Waals surface area (Å²) in [4.78, 5) is 5.67. The third-order valence-electron chi connectivity index (χ3n) is 20.4. The van der Waals surface area contributed by atoms with Gasteiger partial charge in [0.05, 0.1) is 5.69 Å². The standard InChI is InChI=1S/C68H85BN2S/c1-40-31-44(62(3,4)5)23-24-53(40)70-55-38-50-48(65(10,11)27-29-67(50,14)15)36-52(55)69-59-56(70)33-43(42-21-19-18-20-22-42)34-57(59)71(54-37-49-46(32-41(54)2)63(6,7)25-28-66(49,12)13)60-45-35-47-51(39-58(45)72-61(60)69)68(16,17)30-26-64(47,8)9/h23-24,31-39,42H,18-22,25-30H2,1-17H3. The average Bonchev–Trinajstić information content (AvgIpc) is 3.69. The molecule has 72 heavy (non-hydrogen) atoms. The summed E-state index contributed by atoms with van der Waals surface area (Å²) in [5.74, 6) is 0.538. The van der Waals surface area contributed by atoms with Crippen LogP contribution in [-0.4, -0.2) is 6.71 Å². The van der Waals surface area contributed by atoms with Gasteiger partial charge < -0.3 is 9.80 Å². The van der Waals surface area contributed by atoms with Crippen LogP contribution in [0.5, 0.6) is 0 Å². The Morgan fingerprint density at radius 3 is 1.50 bits per heavy atom. The molecule has 1 fully saturated rings. The highest BCUT2D eigenvalue weighted by Crippen LogP contribution is 2.57. The van der Waals surface area contributed by atoms with Crippen molar-refractivity contribution in [2.45, 2.75) is 232 Å². The van der Waals surface area contributed by atoms with Gasteiger partial charge in [-0.2, -0.15) is 0 Å². The number of benzene rings is 5. The monoisotopic (exact) mass is 973 g/mol. The van der Waals surface area contributed by atoms with Crippen LogP contribution in [0.2, 0.25) is 0 Å². The molecule has 3 heterocycles. The second kappa shape index (κ2) is 15.6. The molecule has 0 amide bonds. The van der Waals surface area contributed by atoms with Gasteiger partial charge in [0.25, 0.3) is 6.71 Å². The van der Waals surface area contributed by atoms with Gasteiger partial charge in [0, 0.05) is 43.3 Å². The van der Waals surface area contributed by atoms with Gasteiger partial charge in [0.1, 0.15) is 0 Å². The summed E-state index contributed by atoms with van der Waals surface area (Å²) in [6, 6.07) is 29.1. The zero-order valence-corrected chi connectivity index (χ0v) is 48.4. The third-order valence-corrected chi connectivity index (χ3v) is 21.6. The van der Waals surface area contributed by atoms with E-state index in [1.165, 1.54) is 158 Å². The fourth-order valence-corrected chi connectivity index (χ4v) is 16.5. The number of hydrogen-bond donors (Lipinski definition) is 0. The Labute approximate surface area is 439 Å². The highest BCUT2D eigenvalue weighted by atomic mass is 32.1. The SMILES string of the molecule is Cc1cc(C(C)(C)C)ccc1N1c2cc3c(cc2B2c4sc5cc6c(cc5c4N(c4cc5c(cc4C)C(C)(C)CCC5(C)C)c4cc(C5CCCCC5)cc1c42)C(C)(C)CCC6(C)C)C(C)(C)CCC3(C)C. The summed E-state index contributed by atoms with van der Waals surface area (Å²) in [5.41, 5.74) is 26.9. The highest BCUT2D eigenvalue weighted by molar-refractivity contribution is 7.33. The largest absolute Gasteiger partial charge is 0.311 e. The fourth-order valence-electron chi connectivity index (χ4n) is 15.1. The zero-order valence-electron chi connectivity index (χ0n) is 47.6. The molecule has 0 atom stereocenters. The minimum atomic E-state index is 0.0567. The number of fused-ring (bicyclic) bond motifs is 9. The molecule has 4 heteroatoms. The zero-order chi connectivity index (χ0) is 51.2. The number of nitrogens with zero attached hydrogens (tertiary/aromatic N) is 2. The Bertz CT molecular complexity index is 3260. The highest BCUT2D eigenvalue weighted by Gasteiger charge is 2.50. The molecule has 0 unspecified atom stereocenters. The lowest BCUT2D eigenvalue weighted by Crippen LogP contribution is -2.61. The summed E-state index contributed by atoms with van der Waals surface area (Å²) in [6.45, 7) is 42.2. The number of aryl methyl sites for hydroxylation is 2. The van der Waals surface area contributed by atoms with E-state index in [4.69, 9.17) is 0 Å². The maximum atomic E-state index is 2.88. The Hall–Kier alpha value is -4.28. The van der Waals surface area contributed by atoms with Crippen LogP contribution in [0.15, 0.2) is 66.7 Å². The van der Waals surface area contributed by atoms with Crippen molar-refractivity contribution >= 4 is 78.0 Å². The van der Waals surface area contributed by atoms with E-state index >= 15 is 0 Å². The van der Waals surface area contributed by atoms with E-state index in [0.717, 1.165) is 0 Å². The quantitative estimate of drug-likeness (QED) is 0.163. The van der Waals surface area contributed by atoms with E-state index in [2.05, 4.69) is 206 Å². The van der Waals surface area contributed by atoms with Gasteiger partial charge in [0.15, 0.2) is 0 Å². The molecule has 6 aromatic rings. The molecule has 2 aliphatic heterocycles. The van der Waals surface area contributed by atoms with Gasteiger partial charge in [-0.05, 0) is 218 Å². The van der Waals surface area contributed by atoms with Gasteiger partial charge in [-0.25, -0.2) is 0 Å². The van der Waals surface area contributed by atoms with Crippen LogP contribution < -0.4 is 25.5 Å². The molecule has 0 spiro atoms. The molecule has 376 valence electrons. The van der Waals surface area contributed by atoms with Crippen molar-refractivity contribution in [1.29, 1.82) is 0 Å². The third kappa shape index (κ3) is 7.19. The Morgan fingerprint density at radius 1 is 0.486 bits per heavy atom. The average molecular weight is 973 g/mol. The van der Waals surface area contributed by atoms with Gasteiger partial charge in [-0.3, -0.25) is 0 Å². The van der Waals surface area contributed by atoms with Crippen molar-refractivity contribution < 1.29 is 0 Å². The van der Waals surface area contributed by atoms with Crippen molar-refractivity contribution in [3.05, 3.63) is 122 Å². The van der Waals surface area contributed by atoms with Crippen LogP contribution in [0.4, 0.5) is 34.1 Å². The van der Waals surface area contributed by atoms with Gasteiger partial charge in [0.2, 0.25) is 0 Å². The first-order valence-corrected chi connectivity index (χ1v) is 29.3. The van der Waals surface area contributed by atoms with Crippen LogP contribution in [0.3, 0.4) is 0 Å². The molecule has 1 aromatic heterocycles. The summed E-state index contributed by atoms with van der Waals surface area (Å²) in [6.07, 6.45) is 13.7. The molecule has 2 nitrogen and oxygen atoms in total. The second-order valence-corrected chi connectivity index (χ2v) is 30.4. The van der Waals surface area contributed by atoms with E-state index in [9.17, 15) is 0 Å². The van der Waals surface area contributed by atoms with Gasteiger partial charge in [-0.1, -0.05) is 147 Å². The van der Waals surface area contributed by atoms with E-state index in [0.29, 0.717) is 5.92 Å². The molecule has 0 saturated heterocycles. The molecule has 0 N–H and O–H groups in total. The Kier molecular flexibility index (Phi) is 10.6. The maximum Gasteiger partial charge on any atom is 0.264 e.